The molecule has 14 heteroatoms. The fourth-order valence-corrected chi connectivity index (χ4v) is 7.24. The van der Waals surface area contributed by atoms with E-state index in [1.54, 1.807) is 19.2 Å². The second-order valence-electron chi connectivity index (χ2n) is 12.8. The van der Waals surface area contributed by atoms with Crippen molar-refractivity contribution in [2.75, 3.05) is 6.54 Å². The normalized spacial score (nSPS) is 33.9. The van der Waals surface area contributed by atoms with E-state index in [0.29, 0.717) is 6.42 Å². The Kier molecular flexibility index (Phi) is 7.05. The van der Waals surface area contributed by atoms with Crippen LogP contribution >= 0.6 is 0 Å². The second-order valence-corrected chi connectivity index (χ2v) is 12.8. The van der Waals surface area contributed by atoms with E-state index < -0.39 is 82.8 Å². The third-order valence-corrected chi connectivity index (χ3v) is 8.76. The van der Waals surface area contributed by atoms with Crippen LogP contribution < -0.4 is 22.1 Å². The number of hydrogen-bond donors (Lipinski definition) is 4. The number of carbonyl (C=O) groups is 5. The highest BCUT2D eigenvalue weighted by Gasteiger charge is 2.71. The van der Waals surface area contributed by atoms with Gasteiger partial charge in [-0.3, -0.25) is 24.0 Å². The zero-order chi connectivity index (χ0) is 30.2. The lowest BCUT2D eigenvalue weighted by Gasteiger charge is -2.47. The summed E-state index contributed by atoms with van der Waals surface area (Å²) < 4.78 is 45.5. The largest absolute Gasteiger partial charge is 0.471 e. The molecule has 0 aromatic heterocycles. The maximum Gasteiger partial charge on any atom is 0.471 e. The molecule has 11 nitrogen and oxygen atoms in total. The molecule has 1 saturated carbocycles. The molecule has 2 heterocycles. The Balaban J connectivity index is 1.84. The van der Waals surface area contributed by atoms with E-state index in [1.165, 1.54) is 20.8 Å². The van der Waals surface area contributed by atoms with Crippen LogP contribution in [0.2, 0.25) is 0 Å². The van der Waals surface area contributed by atoms with Crippen molar-refractivity contribution < 1.29 is 41.9 Å². The maximum atomic E-state index is 14.2. The van der Waals surface area contributed by atoms with E-state index in [0.717, 1.165) is 4.90 Å². The Morgan fingerprint density at radius 2 is 1.75 bits per heavy atom. The molecule has 0 spiro atoms. The number of fused-ring (bicyclic) bond motifs is 5. The van der Waals surface area contributed by atoms with Crippen LogP contribution in [0.3, 0.4) is 0 Å². The number of hydrogen-bond acceptors (Lipinski definition) is 6. The number of allylic oxidation sites excluding steroid dienone is 2. The van der Waals surface area contributed by atoms with Crippen LogP contribution in [-0.4, -0.2) is 70.6 Å². The average Bonchev–Trinajstić information content (AvgIpc) is 3.53. The van der Waals surface area contributed by atoms with Crippen LogP contribution in [0.1, 0.15) is 47.5 Å². The minimum Gasteiger partial charge on any atom is -0.369 e. The Bertz CT molecular complexity index is 1160. The first-order chi connectivity index (χ1) is 18.2. The predicted molar refractivity (Wildman–Crippen MR) is 133 cm³/mol. The minimum absolute atomic E-state index is 0.0668. The number of carbonyl (C=O) groups excluding carboxylic acids is 5. The predicted octanol–water partition coefficient (Wildman–Crippen LogP) is 0.327. The van der Waals surface area contributed by atoms with E-state index in [2.05, 4.69) is 5.32 Å². The fraction of sp³-hybridized carbons (Fsp3) is 0.731. The Labute approximate surface area is 229 Å². The first-order valence-corrected chi connectivity index (χ1v) is 13.2. The smallest absolute Gasteiger partial charge is 0.369 e. The number of rotatable bonds is 7. The third kappa shape index (κ3) is 4.73. The maximum absolute atomic E-state index is 14.2. The molecule has 2 bridgehead atoms. The number of halogens is 3. The molecular formula is C26H36F3N5O6. The molecule has 0 aromatic rings. The van der Waals surface area contributed by atoms with Gasteiger partial charge >= 0.3 is 12.1 Å². The SMILES string of the molecule is CC1(C)NC(=O)[C@H](C[C@H](C(N)=O)C2(C(N)=O)C3C4C=CC(C4)C3CN2C(=O)[C@@H](NC(=O)C(F)(F)F)C(C)(C)C)O1. The van der Waals surface area contributed by atoms with E-state index in [4.69, 9.17) is 16.2 Å². The van der Waals surface area contributed by atoms with Gasteiger partial charge in [0, 0.05) is 12.5 Å². The van der Waals surface area contributed by atoms with E-state index >= 15 is 0 Å². The Morgan fingerprint density at radius 1 is 1.15 bits per heavy atom. The molecule has 8 atom stereocenters. The zero-order valence-electron chi connectivity index (χ0n) is 23.0. The summed E-state index contributed by atoms with van der Waals surface area (Å²) in [6.45, 7) is 7.47. The molecule has 4 aliphatic rings. The lowest BCUT2D eigenvalue weighted by molar-refractivity contribution is -0.177. The van der Waals surface area contributed by atoms with Crippen molar-refractivity contribution in [2.45, 2.75) is 77.0 Å². The van der Waals surface area contributed by atoms with Gasteiger partial charge in [0.2, 0.25) is 17.7 Å². The Morgan fingerprint density at radius 3 is 2.23 bits per heavy atom. The van der Waals surface area contributed by atoms with Crippen molar-refractivity contribution in [1.29, 1.82) is 0 Å². The quantitative estimate of drug-likeness (QED) is 0.320. The van der Waals surface area contributed by atoms with Gasteiger partial charge in [0.15, 0.2) is 0 Å². The number of nitrogens with two attached hydrogens (primary N) is 2. The summed E-state index contributed by atoms with van der Waals surface area (Å²) in [5.74, 6) is -8.83. The summed E-state index contributed by atoms with van der Waals surface area (Å²) in [6, 6.07) is -1.73. The molecule has 2 aliphatic heterocycles. The van der Waals surface area contributed by atoms with Gasteiger partial charge in [0.25, 0.3) is 5.91 Å². The summed E-state index contributed by atoms with van der Waals surface area (Å²) >= 11 is 0. The van der Waals surface area contributed by atoms with Crippen molar-refractivity contribution in [3.05, 3.63) is 12.2 Å². The van der Waals surface area contributed by atoms with Crippen molar-refractivity contribution >= 4 is 29.5 Å². The van der Waals surface area contributed by atoms with Gasteiger partial charge in [-0.25, -0.2) is 0 Å². The number of amides is 5. The molecule has 0 aromatic carbocycles. The zero-order valence-corrected chi connectivity index (χ0v) is 23.0. The number of primary amides is 2. The summed E-state index contributed by atoms with van der Waals surface area (Å²) in [6.07, 6.45) is -2.41. The highest BCUT2D eigenvalue weighted by Crippen LogP contribution is 2.60. The number of ether oxygens (including phenoxy) is 1. The number of likely N-dealkylation sites (tertiary alicyclic amines) is 1. The molecule has 40 heavy (non-hydrogen) atoms. The van der Waals surface area contributed by atoms with Crippen LogP contribution in [0.5, 0.6) is 0 Å². The van der Waals surface area contributed by atoms with Gasteiger partial charge in [-0.2, -0.15) is 13.2 Å². The summed E-state index contributed by atoms with van der Waals surface area (Å²) in [5, 5.41) is 4.41. The van der Waals surface area contributed by atoms with Gasteiger partial charge in [-0.1, -0.05) is 32.9 Å². The molecule has 222 valence electrons. The molecule has 4 rings (SSSR count). The van der Waals surface area contributed by atoms with Crippen LogP contribution in [0.25, 0.3) is 0 Å². The van der Waals surface area contributed by atoms with Crippen molar-refractivity contribution in [3.63, 3.8) is 0 Å². The molecule has 0 radical (unpaired) electrons. The number of alkyl halides is 3. The fourth-order valence-electron chi connectivity index (χ4n) is 7.24. The minimum atomic E-state index is -5.27. The summed E-state index contributed by atoms with van der Waals surface area (Å²) in [4.78, 5) is 66.7. The number of nitrogens with one attached hydrogen (secondary N) is 2. The van der Waals surface area contributed by atoms with Crippen molar-refractivity contribution in [2.24, 2.45) is 46.5 Å². The van der Waals surface area contributed by atoms with Gasteiger partial charge in [0.05, 0.1) is 5.92 Å². The number of nitrogens with zero attached hydrogens (tertiary/aromatic N) is 1. The first kappa shape index (κ1) is 29.8. The molecule has 5 amide bonds. The van der Waals surface area contributed by atoms with Gasteiger partial charge in [-0.05, 0) is 49.9 Å². The van der Waals surface area contributed by atoms with Gasteiger partial charge < -0.3 is 31.7 Å². The second kappa shape index (κ2) is 9.45. The molecule has 5 unspecified atom stereocenters. The molecule has 6 N–H and O–H groups in total. The lowest BCUT2D eigenvalue weighted by Crippen LogP contribution is -2.70. The lowest BCUT2D eigenvalue weighted by atomic mass is 9.65. The van der Waals surface area contributed by atoms with Gasteiger partial charge in [0.1, 0.15) is 23.4 Å². The van der Waals surface area contributed by atoms with Crippen molar-refractivity contribution in [3.8, 4) is 0 Å². The molecule has 2 aliphatic carbocycles. The monoisotopic (exact) mass is 571 g/mol. The van der Waals surface area contributed by atoms with E-state index in [9.17, 15) is 37.1 Å². The first-order valence-electron chi connectivity index (χ1n) is 13.2. The topological polar surface area (TPSA) is 174 Å². The van der Waals surface area contributed by atoms with Gasteiger partial charge in [-0.15, -0.1) is 0 Å². The van der Waals surface area contributed by atoms with E-state index in [1.807, 2.05) is 12.2 Å². The molecule has 3 fully saturated rings. The van der Waals surface area contributed by atoms with Crippen molar-refractivity contribution in [1.82, 2.24) is 15.5 Å². The standard InChI is InChI=1S/C26H36F3N5O6/c1-23(2,3)17(32-22(39)26(27,28)29)20(37)34-10-13-11-6-7-12(8-11)16(13)25(34,21(31)38)14(18(30)35)9-15-19(36)33-24(4,5)40-15/h6-7,11-17H,8-10H2,1-5H3,(H2,30,35)(H2,31,38)(H,32,39)(H,33,36)/t11?,12?,13?,14-,15+,16?,17-,25?/m1/s1. The Hall–Kier alpha value is -3.16. The summed E-state index contributed by atoms with van der Waals surface area (Å²) in [5.41, 5.74) is 7.52. The van der Waals surface area contributed by atoms with E-state index in [-0.39, 0.29) is 24.3 Å². The van der Waals surface area contributed by atoms with Crippen LogP contribution in [0, 0.1) is 35.0 Å². The summed E-state index contributed by atoms with van der Waals surface area (Å²) in [7, 11) is 0. The molecule has 2 saturated heterocycles. The highest BCUT2D eigenvalue weighted by atomic mass is 19.4. The van der Waals surface area contributed by atoms with Crippen LogP contribution in [0.4, 0.5) is 13.2 Å². The molecular weight excluding hydrogens is 535 g/mol. The highest BCUT2D eigenvalue weighted by molar-refractivity contribution is 6.00. The average molecular weight is 572 g/mol. The van der Waals surface area contributed by atoms with Crippen LogP contribution in [-0.2, 0) is 28.7 Å². The van der Waals surface area contributed by atoms with Crippen LogP contribution in [0.15, 0.2) is 12.2 Å². The third-order valence-electron chi connectivity index (χ3n) is 8.76.